The average molecular weight is 389 g/mol. The van der Waals surface area contributed by atoms with Crippen molar-refractivity contribution in [1.82, 2.24) is 4.98 Å². The molecule has 0 radical (unpaired) electrons. The van der Waals surface area contributed by atoms with Crippen LogP contribution in [-0.4, -0.2) is 16.1 Å². The van der Waals surface area contributed by atoms with Gasteiger partial charge in [-0.3, -0.25) is 4.79 Å². The van der Waals surface area contributed by atoms with Gasteiger partial charge < -0.3 is 5.32 Å². The average Bonchev–Trinajstić information content (AvgIpc) is 2.58. The molecule has 0 saturated heterocycles. The zero-order valence-corrected chi connectivity index (χ0v) is 16.2. The Labute approximate surface area is 161 Å². The molecular weight excluding hydrogens is 371 g/mol. The lowest BCUT2D eigenvalue weighted by Crippen LogP contribution is -2.22. The molecule has 1 atom stereocenters. The minimum Gasteiger partial charge on any atom is -0.324 e. The molecule has 1 N–H and O–H groups in total. The van der Waals surface area contributed by atoms with E-state index in [2.05, 4.69) is 5.32 Å². The molecule has 3 aromatic rings. The minimum absolute atomic E-state index is 0.172. The summed E-state index contributed by atoms with van der Waals surface area (Å²) in [5, 5.41) is 4.43. The lowest BCUT2D eigenvalue weighted by molar-refractivity contribution is -0.115. The molecule has 134 valence electrons. The number of thioether (sulfide) groups is 1. The number of anilines is 1. The fourth-order valence-electron chi connectivity index (χ4n) is 2.65. The highest BCUT2D eigenvalue weighted by Crippen LogP contribution is 2.29. The van der Waals surface area contributed by atoms with Gasteiger partial charge in [0.15, 0.2) is 0 Å². The smallest absolute Gasteiger partial charge is 0.237 e. The van der Waals surface area contributed by atoms with E-state index in [9.17, 15) is 9.18 Å². The third-order valence-corrected chi connectivity index (χ3v) is 5.41. The molecule has 3 rings (SSSR count). The number of fused-ring (bicyclic) bond motifs is 1. The van der Waals surface area contributed by atoms with Crippen molar-refractivity contribution in [3.63, 3.8) is 0 Å². The first-order chi connectivity index (χ1) is 12.3. The molecule has 26 heavy (non-hydrogen) atoms. The number of carbonyl (C=O) groups is 1. The summed E-state index contributed by atoms with van der Waals surface area (Å²) in [5.74, 6) is -0.658. The molecule has 0 unspecified atom stereocenters. The standard InChI is InChI=1S/C20H18ClFN2OS/c1-11-5-4-6-15-12(2)9-18(24-19(11)15)26-13(3)20(25)23-17-8-7-14(22)10-16(17)21/h4-10,13H,1-3H3,(H,23,25)/t13-/m1/s1. The van der Waals surface area contributed by atoms with Gasteiger partial charge >= 0.3 is 0 Å². The van der Waals surface area contributed by atoms with Crippen molar-refractivity contribution in [3.05, 3.63) is 64.4 Å². The zero-order chi connectivity index (χ0) is 18.8. The fourth-order valence-corrected chi connectivity index (χ4v) is 3.78. The third-order valence-electron chi connectivity index (χ3n) is 4.08. The maximum Gasteiger partial charge on any atom is 0.237 e. The van der Waals surface area contributed by atoms with E-state index in [1.165, 1.54) is 30.0 Å². The number of benzene rings is 2. The Hall–Kier alpha value is -2.11. The Morgan fingerprint density at radius 2 is 1.96 bits per heavy atom. The molecule has 1 amide bonds. The van der Waals surface area contributed by atoms with E-state index in [-0.39, 0.29) is 16.2 Å². The largest absolute Gasteiger partial charge is 0.324 e. The molecule has 0 bridgehead atoms. The summed E-state index contributed by atoms with van der Waals surface area (Å²) in [6.07, 6.45) is 0. The van der Waals surface area contributed by atoms with E-state index in [0.29, 0.717) is 5.69 Å². The molecule has 1 heterocycles. The summed E-state index contributed by atoms with van der Waals surface area (Å²) in [4.78, 5) is 17.2. The quantitative estimate of drug-likeness (QED) is 0.577. The number of amides is 1. The molecule has 6 heteroatoms. The predicted octanol–water partition coefficient (Wildman–Crippen LogP) is 5.76. The molecule has 0 fully saturated rings. The highest BCUT2D eigenvalue weighted by molar-refractivity contribution is 8.00. The number of aryl methyl sites for hydroxylation is 2. The first kappa shape index (κ1) is 18.7. The van der Waals surface area contributed by atoms with Crippen molar-refractivity contribution < 1.29 is 9.18 Å². The van der Waals surface area contributed by atoms with Crippen molar-refractivity contribution >= 4 is 45.9 Å². The molecule has 1 aromatic heterocycles. The summed E-state index contributed by atoms with van der Waals surface area (Å²) in [7, 11) is 0. The molecule has 3 nitrogen and oxygen atoms in total. The number of carbonyl (C=O) groups excluding carboxylic acids is 1. The van der Waals surface area contributed by atoms with E-state index < -0.39 is 5.82 Å². The Balaban J connectivity index is 1.79. The van der Waals surface area contributed by atoms with E-state index >= 15 is 0 Å². The number of hydrogen-bond acceptors (Lipinski definition) is 3. The Morgan fingerprint density at radius 1 is 1.19 bits per heavy atom. The van der Waals surface area contributed by atoms with Gasteiger partial charge in [-0.25, -0.2) is 9.37 Å². The Kier molecular flexibility index (Phi) is 5.49. The molecule has 0 aliphatic carbocycles. The van der Waals surface area contributed by atoms with Crippen molar-refractivity contribution in [2.45, 2.75) is 31.0 Å². The molecule has 0 aliphatic heterocycles. The lowest BCUT2D eigenvalue weighted by atomic mass is 10.1. The third kappa shape index (κ3) is 4.00. The number of rotatable bonds is 4. The molecular formula is C20H18ClFN2OS. The summed E-state index contributed by atoms with van der Waals surface area (Å²) in [6.45, 7) is 5.86. The number of nitrogens with one attached hydrogen (secondary N) is 1. The first-order valence-corrected chi connectivity index (χ1v) is 9.40. The minimum atomic E-state index is -0.443. The number of halogens is 2. The van der Waals surface area contributed by atoms with Crippen molar-refractivity contribution in [2.75, 3.05) is 5.32 Å². The topological polar surface area (TPSA) is 42.0 Å². The number of pyridine rings is 1. The Morgan fingerprint density at radius 3 is 2.69 bits per heavy atom. The van der Waals surface area contributed by atoms with Gasteiger partial charge in [-0.05, 0) is 56.2 Å². The van der Waals surface area contributed by atoms with Gasteiger partial charge in [0.25, 0.3) is 0 Å². The van der Waals surface area contributed by atoms with Crippen molar-refractivity contribution in [2.24, 2.45) is 0 Å². The summed E-state index contributed by atoms with van der Waals surface area (Å²) < 4.78 is 13.1. The van der Waals surface area contributed by atoms with Crippen LogP contribution in [0.3, 0.4) is 0 Å². The van der Waals surface area contributed by atoms with Crippen LogP contribution >= 0.6 is 23.4 Å². The van der Waals surface area contributed by atoms with Gasteiger partial charge in [-0.2, -0.15) is 0 Å². The molecule has 0 saturated carbocycles. The summed E-state index contributed by atoms with van der Waals surface area (Å²) in [6, 6.07) is 12.0. The second-order valence-electron chi connectivity index (χ2n) is 6.12. The van der Waals surface area contributed by atoms with Crippen LogP contribution in [0, 0.1) is 19.7 Å². The van der Waals surface area contributed by atoms with Gasteiger partial charge in [0, 0.05) is 5.39 Å². The highest BCUT2D eigenvalue weighted by atomic mass is 35.5. The number of hydrogen-bond donors (Lipinski definition) is 1. The number of aromatic nitrogens is 1. The van der Waals surface area contributed by atoms with Gasteiger partial charge in [0.05, 0.1) is 26.5 Å². The molecule has 2 aromatic carbocycles. The number of para-hydroxylation sites is 1. The van der Waals surface area contributed by atoms with Crippen LogP contribution in [0.15, 0.2) is 47.5 Å². The second-order valence-corrected chi connectivity index (χ2v) is 7.89. The van der Waals surface area contributed by atoms with Gasteiger partial charge in [0.2, 0.25) is 5.91 Å². The lowest BCUT2D eigenvalue weighted by Gasteiger charge is -2.14. The van der Waals surface area contributed by atoms with E-state index in [1.54, 1.807) is 6.92 Å². The van der Waals surface area contributed by atoms with Crippen LogP contribution in [-0.2, 0) is 4.79 Å². The van der Waals surface area contributed by atoms with Gasteiger partial charge in [0.1, 0.15) is 5.82 Å². The summed E-state index contributed by atoms with van der Waals surface area (Å²) >= 11 is 7.35. The van der Waals surface area contributed by atoms with E-state index in [0.717, 1.165) is 27.1 Å². The molecule has 0 spiro atoms. The SMILES string of the molecule is Cc1cc(S[C@H](C)C(=O)Nc2ccc(F)cc2Cl)nc2c(C)cccc12. The normalized spacial score (nSPS) is 12.2. The van der Waals surface area contributed by atoms with Crippen LogP contribution in [0.2, 0.25) is 5.02 Å². The molecule has 0 aliphatic rings. The maximum atomic E-state index is 13.1. The number of nitrogens with zero attached hydrogens (tertiary/aromatic N) is 1. The monoisotopic (exact) mass is 388 g/mol. The van der Waals surface area contributed by atoms with Crippen LogP contribution < -0.4 is 5.32 Å². The highest BCUT2D eigenvalue weighted by Gasteiger charge is 2.17. The maximum absolute atomic E-state index is 13.1. The van der Waals surface area contributed by atoms with Gasteiger partial charge in [-0.1, -0.05) is 41.6 Å². The van der Waals surface area contributed by atoms with E-state index in [1.807, 2.05) is 38.1 Å². The van der Waals surface area contributed by atoms with E-state index in [4.69, 9.17) is 16.6 Å². The predicted molar refractivity (Wildman–Crippen MR) is 107 cm³/mol. The Bertz CT molecular complexity index is 993. The van der Waals surface area contributed by atoms with Crippen LogP contribution in [0.25, 0.3) is 10.9 Å². The second kappa shape index (κ2) is 7.64. The van der Waals surface area contributed by atoms with Crippen molar-refractivity contribution in [3.8, 4) is 0 Å². The van der Waals surface area contributed by atoms with Gasteiger partial charge in [-0.15, -0.1) is 0 Å². The van der Waals surface area contributed by atoms with Crippen molar-refractivity contribution in [1.29, 1.82) is 0 Å². The fraction of sp³-hybridized carbons (Fsp3) is 0.200. The van der Waals surface area contributed by atoms with Crippen LogP contribution in [0.5, 0.6) is 0 Å². The first-order valence-electron chi connectivity index (χ1n) is 8.14. The van der Waals surface area contributed by atoms with Crippen LogP contribution in [0.1, 0.15) is 18.1 Å². The van der Waals surface area contributed by atoms with Crippen LogP contribution in [0.4, 0.5) is 10.1 Å². The summed E-state index contributed by atoms with van der Waals surface area (Å²) in [5.41, 5.74) is 3.56. The zero-order valence-electron chi connectivity index (χ0n) is 14.6.